The molecule has 5 heteroatoms. The van der Waals surface area contributed by atoms with E-state index in [4.69, 9.17) is 9.47 Å². The molecule has 138 valence electrons. The van der Waals surface area contributed by atoms with Crippen LogP contribution >= 0.6 is 0 Å². The summed E-state index contributed by atoms with van der Waals surface area (Å²) in [5.41, 5.74) is 1.88. The fourth-order valence-corrected chi connectivity index (χ4v) is 3.14. The van der Waals surface area contributed by atoms with Gasteiger partial charge in [-0.25, -0.2) is 0 Å². The molecule has 3 aromatic rings. The molecular formula is C22H21NO4. The Hall–Kier alpha value is -3.05. The Morgan fingerprint density at radius 1 is 0.889 bits per heavy atom. The molecule has 5 nitrogen and oxygen atoms in total. The summed E-state index contributed by atoms with van der Waals surface area (Å²) in [6.07, 6.45) is 0.442. The summed E-state index contributed by atoms with van der Waals surface area (Å²) < 4.78 is 11.4. The number of hydrogen-bond acceptors (Lipinski definition) is 4. The number of ether oxygens (including phenoxy) is 2. The number of nitrogens with one attached hydrogen (secondary N) is 1. The minimum Gasteiger partial charge on any atom is -0.491 e. The number of aryl methyl sites for hydroxylation is 1. The van der Waals surface area contributed by atoms with Crippen molar-refractivity contribution >= 4 is 22.4 Å². The Bertz CT molecular complexity index is 969. The summed E-state index contributed by atoms with van der Waals surface area (Å²) in [7, 11) is 0. The predicted molar refractivity (Wildman–Crippen MR) is 104 cm³/mol. The number of rotatable bonds is 6. The van der Waals surface area contributed by atoms with Crippen molar-refractivity contribution in [3.05, 3.63) is 66.2 Å². The van der Waals surface area contributed by atoms with Crippen LogP contribution in [0.3, 0.4) is 0 Å². The highest BCUT2D eigenvalue weighted by Crippen LogP contribution is 2.27. The van der Waals surface area contributed by atoms with Gasteiger partial charge in [0.1, 0.15) is 30.8 Å². The first-order valence-electron chi connectivity index (χ1n) is 9.02. The SMILES string of the molecule is O=C1CCc2cc(OC[C@@H](O)COc3ccc4ccccc4c3)ccc2N1. The zero-order chi connectivity index (χ0) is 18.6. The lowest BCUT2D eigenvalue weighted by atomic mass is 10.0. The van der Waals surface area contributed by atoms with Crippen LogP contribution in [0.15, 0.2) is 60.7 Å². The van der Waals surface area contributed by atoms with Gasteiger partial charge in [-0.05, 0) is 53.1 Å². The van der Waals surface area contributed by atoms with E-state index in [0.717, 1.165) is 27.8 Å². The molecule has 4 rings (SSSR count). The van der Waals surface area contributed by atoms with Gasteiger partial charge in [0, 0.05) is 12.1 Å². The topological polar surface area (TPSA) is 67.8 Å². The Labute approximate surface area is 157 Å². The van der Waals surface area contributed by atoms with Gasteiger partial charge in [-0.2, -0.15) is 0 Å². The second-order valence-electron chi connectivity index (χ2n) is 6.65. The first kappa shape index (κ1) is 17.4. The minimum absolute atomic E-state index is 0.0393. The van der Waals surface area contributed by atoms with Crippen LogP contribution in [0.5, 0.6) is 11.5 Å². The van der Waals surface area contributed by atoms with Crippen molar-refractivity contribution in [3.63, 3.8) is 0 Å². The number of aliphatic hydroxyl groups excluding tert-OH is 1. The summed E-state index contributed by atoms with van der Waals surface area (Å²) >= 11 is 0. The van der Waals surface area contributed by atoms with Gasteiger partial charge in [-0.3, -0.25) is 4.79 Å². The molecule has 3 aromatic carbocycles. The molecular weight excluding hydrogens is 342 g/mol. The average Bonchev–Trinajstić information content (AvgIpc) is 2.70. The molecule has 0 aliphatic carbocycles. The number of fused-ring (bicyclic) bond motifs is 2. The van der Waals surface area contributed by atoms with Gasteiger partial charge in [0.05, 0.1) is 0 Å². The van der Waals surface area contributed by atoms with E-state index < -0.39 is 6.10 Å². The Kier molecular flexibility index (Phi) is 4.94. The molecule has 0 unspecified atom stereocenters. The predicted octanol–water partition coefficient (Wildman–Crippen LogP) is 3.54. The summed E-state index contributed by atoms with van der Waals surface area (Å²) in [5.74, 6) is 1.43. The van der Waals surface area contributed by atoms with Gasteiger partial charge in [0.2, 0.25) is 5.91 Å². The summed E-state index contributed by atoms with van der Waals surface area (Å²) in [5, 5.41) is 15.2. The monoisotopic (exact) mass is 363 g/mol. The number of amides is 1. The lowest BCUT2D eigenvalue weighted by Gasteiger charge is -2.18. The largest absolute Gasteiger partial charge is 0.491 e. The summed E-state index contributed by atoms with van der Waals surface area (Å²) in [4.78, 5) is 11.4. The molecule has 27 heavy (non-hydrogen) atoms. The maximum Gasteiger partial charge on any atom is 0.224 e. The number of hydrogen-bond donors (Lipinski definition) is 2. The molecule has 2 N–H and O–H groups in total. The van der Waals surface area contributed by atoms with Gasteiger partial charge in [-0.1, -0.05) is 30.3 Å². The molecule has 1 atom stereocenters. The smallest absolute Gasteiger partial charge is 0.224 e. The molecule has 0 saturated carbocycles. The van der Waals surface area contributed by atoms with E-state index in [1.165, 1.54) is 0 Å². The molecule has 0 radical (unpaired) electrons. The van der Waals surface area contributed by atoms with Gasteiger partial charge in [-0.15, -0.1) is 0 Å². The van der Waals surface area contributed by atoms with E-state index in [1.54, 1.807) is 6.07 Å². The van der Waals surface area contributed by atoms with Crippen molar-refractivity contribution in [2.45, 2.75) is 18.9 Å². The van der Waals surface area contributed by atoms with Gasteiger partial charge < -0.3 is 19.9 Å². The fourth-order valence-electron chi connectivity index (χ4n) is 3.14. The lowest BCUT2D eigenvalue weighted by Crippen LogP contribution is -2.25. The minimum atomic E-state index is -0.743. The number of benzene rings is 3. The summed E-state index contributed by atoms with van der Waals surface area (Å²) in [6.45, 7) is 0.290. The van der Waals surface area contributed by atoms with Crippen LogP contribution in [-0.2, 0) is 11.2 Å². The highest BCUT2D eigenvalue weighted by Gasteiger charge is 2.15. The van der Waals surface area contributed by atoms with Crippen LogP contribution in [0.4, 0.5) is 5.69 Å². The molecule has 0 bridgehead atoms. The van der Waals surface area contributed by atoms with E-state index >= 15 is 0 Å². The van der Waals surface area contributed by atoms with Crippen molar-refractivity contribution in [1.82, 2.24) is 0 Å². The molecule has 0 fully saturated rings. The van der Waals surface area contributed by atoms with Crippen molar-refractivity contribution < 1.29 is 19.4 Å². The molecule has 0 aromatic heterocycles. The first-order chi connectivity index (χ1) is 13.2. The van der Waals surface area contributed by atoms with Crippen molar-refractivity contribution in [2.24, 2.45) is 0 Å². The average molecular weight is 363 g/mol. The van der Waals surface area contributed by atoms with Crippen LogP contribution in [0.2, 0.25) is 0 Å². The number of carbonyl (C=O) groups excluding carboxylic acids is 1. The fraction of sp³-hybridized carbons (Fsp3) is 0.227. The van der Waals surface area contributed by atoms with Crippen LogP contribution in [0.25, 0.3) is 10.8 Å². The standard InChI is InChI=1S/C22H21NO4/c24-18(13-26-19-7-5-15-3-1-2-4-16(15)11-19)14-27-20-8-9-21-17(12-20)6-10-22(25)23-21/h1-5,7-9,11-12,18,24H,6,10,13-14H2,(H,23,25)/t18-/m0/s1. The Morgan fingerprint density at radius 3 is 2.41 bits per heavy atom. The number of carbonyl (C=O) groups is 1. The van der Waals surface area contributed by atoms with Gasteiger partial charge in [0.25, 0.3) is 0 Å². The molecule has 0 saturated heterocycles. The van der Waals surface area contributed by atoms with Crippen LogP contribution in [0.1, 0.15) is 12.0 Å². The van der Waals surface area contributed by atoms with E-state index in [9.17, 15) is 9.90 Å². The Balaban J connectivity index is 1.30. The first-order valence-corrected chi connectivity index (χ1v) is 9.02. The van der Waals surface area contributed by atoms with Gasteiger partial charge >= 0.3 is 0 Å². The zero-order valence-electron chi connectivity index (χ0n) is 14.9. The quantitative estimate of drug-likeness (QED) is 0.703. The highest BCUT2D eigenvalue weighted by atomic mass is 16.5. The van der Waals surface area contributed by atoms with Crippen molar-refractivity contribution in [3.8, 4) is 11.5 Å². The molecule has 1 aliphatic rings. The second kappa shape index (κ2) is 7.68. The third-order valence-electron chi connectivity index (χ3n) is 4.58. The molecule has 1 aliphatic heterocycles. The maximum atomic E-state index is 11.4. The molecule has 1 heterocycles. The maximum absolute atomic E-state index is 11.4. The summed E-state index contributed by atoms with van der Waals surface area (Å²) in [6, 6.07) is 19.4. The van der Waals surface area contributed by atoms with E-state index in [-0.39, 0.29) is 19.1 Å². The zero-order valence-corrected chi connectivity index (χ0v) is 14.9. The van der Waals surface area contributed by atoms with Crippen molar-refractivity contribution in [1.29, 1.82) is 0 Å². The molecule has 1 amide bonds. The third kappa shape index (κ3) is 4.20. The number of aliphatic hydroxyl groups is 1. The second-order valence-corrected chi connectivity index (χ2v) is 6.65. The van der Waals surface area contributed by atoms with E-state index in [0.29, 0.717) is 18.6 Å². The van der Waals surface area contributed by atoms with E-state index in [1.807, 2.05) is 54.6 Å². The van der Waals surface area contributed by atoms with Crippen molar-refractivity contribution in [2.75, 3.05) is 18.5 Å². The normalized spacial score (nSPS) is 14.3. The van der Waals surface area contributed by atoms with Crippen LogP contribution in [0, 0.1) is 0 Å². The Morgan fingerprint density at radius 2 is 1.59 bits per heavy atom. The highest BCUT2D eigenvalue weighted by molar-refractivity contribution is 5.94. The van der Waals surface area contributed by atoms with Gasteiger partial charge in [0.15, 0.2) is 0 Å². The molecule has 0 spiro atoms. The van der Waals surface area contributed by atoms with Crippen LogP contribution in [-0.4, -0.2) is 30.3 Å². The van der Waals surface area contributed by atoms with Crippen LogP contribution < -0.4 is 14.8 Å². The lowest BCUT2D eigenvalue weighted by molar-refractivity contribution is -0.116. The number of anilines is 1. The third-order valence-corrected chi connectivity index (χ3v) is 4.58. The van der Waals surface area contributed by atoms with E-state index in [2.05, 4.69) is 5.32 Å².